The largest absolute Gasteiger partial charge is 0.338 e. The quantitative estimate of drug-likeness (QED) is 0.846. The van der Waals surface area contributed by atoms with Gasteiger partial charge in [-0.2, -0.15) is 0 Å². The van der Waals surface area contributed by atoms with Crippen LogP contribution in [0, 0.1) is 0 Å². The number of thiophene rings is 1. The van der Waals surface area contributed by atoms with Crippen LogP contribution in [0.25, 0.3) is 0 Å². The lowest BCUT2D eigenvalue weighted by molar-refractivity contribution is -0.131. The van der Waals surface area contributed by atoms with Gasteiger partial charge in [-0.25, -0.2) is 0 Å². The maximum absolute atomic E-state index is 12.0. The Morgan fingerprint density at radius 1 is 1.47 bits per heavy atom. The number of carbonyl (C=O) groups is 1. The summed E-state index contributed by atoms with van der Waals surface area (Å²) in [5, 5.41) is 5.31. The molecule has 0 aliphatic heterocycles. The second-order valence-electron chi connectivity index (χ2n) is 4.55. The predicted molar refractivity (Wildman–Crippen MR) is 73.3 cm³/mol. The monoisotopic (exact) mass is 254 g/mol. The molecule has 1 atom stereocenters. The van der Waals surface area contributed by atoms with Crippen molar-refractivity contribution in [1.29, 1.82) is 0 Å². The molecule has 0 aliphatic carbocycles. The van der Waals surface area contributed by atoms with Gasteiger partial charge in [0.25, 0.3) is 0 Å². The molecule has 0 fully saturated rings. The average Bonchev–Trinajstić information content (AvgIpc) is 2.79. The predicted octanol–water partition coefficient (Wildman–Crippen LogP) is 2.66. The van der Waals surface area contributed by atoms with Crippen LogP contribution in [0.4, 0.5) is 0 Å². The SMILES string of the molecule is CC(C)NCCC(=O)N(C)C(C)c1cccs1. The van der Waals surface area contributed by atoms with Gasteiger partial charge in [0.15, 0.2) is 0 Å². The molecule has 1 amide bonds. The maximum Gasteiger partial charge on any atom is 0.224 e. The highest BCUT2D eigenvalue weighted by molar-refractivity contribution is 7.10. The van der Waals surface area contributed by atoms with Crippen LogP contribution >= 0.6 is 11.3 Å². The molecular weight excluding hydrogens is 232 g/mol. The maximum atomic E-state index is 12.0. The standard InChI is InChI=1S/C13H22N2OS/c1-10(2)14-8-7-13(16)15(4)11(3)12-6-5-9-17-12/h5-6,9-11,14H,7-8H2,1-4H3. The van der Waals surface area contributed by atoms with E-state index in [2.05, 4.69) is 32.2 Å². The first-order valence-corrected chi connectivity index (χ1v) is 6.92. The number of nitrogens with one attached hydrogen (secondary N) is 1. The summed E-state index contributed by atoms with van der Waals surface area (Å²) in [6, 6.07) is 4.70. The first-order chi connectivity index (χ1) is 8.02. The third kappa shape index (κ3) is 4.48. The molecule has 1 aromatic rings. The van der Waals surface area contributed by atoms with E-state index in [1.165, 1.54) is 4.88 Å². The normalized spacial score (nSPS) is 12.8. The summed E-state index contributed by atoms with van der Waals surface area (Å²) in [5.74, 6) is 0.194. The smallest absolute Gasteiger partial charge is 0.224 e. The van der Waals surface area contributed by atoms with Gasteiger partial charge in [0, 0.05) is 30.9 Å². The van der Waals surface area contributed by atoms with Crippen LogP contribution in [0.3, 0.4) is 0 Å². The van der Waals surface area contributed by atoms with Gasteiger partial charge < -0.3 is 10.2 Å². The minimum atomic E-state index is 0.168. The zero-order valence-corrected chi connectivity index (χ0v) is 11.9. The summed E-state index contributed by atoms with van der Waals surface area (Å²) in [6.45, 7) is 6.99. The van der Waals surface area contributed by atoms with Crippen molar-refractivity contribution in [3.63, 3.8) is 0 Å². The van der Waals surface area contributed by atoms with Gasteiger partial charge in [0.05, 0.1) is 6.04 Å². The molecule has 1 aromatic heterocycles. The van der Waals surface area contributed by atoms with Gasteiger partial charge in [0.2, 0.25) is 5.91 Å². The van der Waals surface area contributed by atoms with Gasteiger partial charge in [-0.3, -0.25) is 4.79 Å². The second-order valence-corrected chi connectivity index (χ2v) is 5.53. The first kappa shape index (κ1) is 14.2. The van der Waals surface area contributed by atoms with E-state index in [4.69, 9.17) is 0 Å². The third-order valence-corrected chi connectivity index (χ3v) is 3.86. The molecule has 1 heterocycles. The Balaban J connectivity index is 2.41. The molecule has 1 N–H and O–H groups in total. The lowest BCUT2D eigenvalue weighted by Gasteiger charge is -2.24. The minimum absolute atomic E-state index is 0.168. The van der Waals surface area contributed by atoms with Crippen molar-refractivity contribution in [2.75, 3.05) is 13.6 Å². The Morgan fingerprint density at radius 3 is 2.71 bits per heavy atom. The number of nitrogens with zero attached hydrogens (tertiary/aromatic N) is 1. The summed E-state index contributed by atoms with van der Waals surface area (Å²) in [4.78, 5) is 15.0. The van der Waals surface area contributed by atoms with Gasteiger partial charge in [0.1, 0.15) is 0 Å². The van der Waals surface area contributed by atoms with Crippen molar-refractivity contribution in [2.45, 2.75) is 39.3 Å². The topological polar surface area (TPSA) is 32.3 Å². The van der Waals surface area contributed by atoms with E-state index in [1.807, 2.05) is 23.4 Å². The molecule has 0 bridgehead atoms. The fourth-order valence-corrected chi connectivity index (χ4v) is 2.41. The average molecular weight is 254 g/mol. The summed E-state index contributed by atoms with van der Waals surface area (Å²) in [6.07, 6.45) is 0.560. The molecule has 0 aliphatic rings. The van der Waals surface area contributed by atoms with Crippen LogP contribution in [0.5, 0.6) is 0 Å². The van der Waals surface area contributed by atoms with Crippen LogP contribution in [0.1, 0.15) is 38.1 Å². The molecule has 1 unspecified atom stereocenters. The lowest BCUT2D eigenvalue weighted by atomic mass is 10.2. The summed E-state index contributed by atoms with van der Waals surface area (Å²) >= 11 is 1.70. The Hall–Kier alpha value is -0.870. The van der Waals surface area contributed by atoms with Crippen molar-refractivity contribution in [2.24, 2.45) is 0 Å². The molecule has 17 heavy (non-hydrogen) atoms. The van der Waals surface area contributed by atoms with E-state index < -0.39 is 0 Å². The van der Waals surface area contributed by atoms with Crippen LogP contribution in [0.15, 0.2) is 17.5 Å². The van der Waals surface area contributed by atoms with E-state index in [-0.39, 0.29) is 11.9 Å². The first-order valence-electron chi connectivity index (χ1n) is 6.04. The van der Waals surface area contributed by atoms with Crippen LogP contribution < -0.4 is 5.32 Å². The van der Waals surface area contributed by atoms with Crippen molar-refractivity contribution < 1.29 is 4.79 Å². The van der Waals surface area contributed by atoms with Crippen LogP contribution in [0.2, 0.25) is 0 Å². The highest BCUT2D eigenvalue weighted by Crippen LogP contribution is 2.23. The van der Waals surface area contributed by atoms with E-state index in [1.54, 1.807) is 11.3 Å². The van der Waals surface area contributed by atoms with E-state index in [9.17, 15) is 4.79 Å². The number of amides is 1. The Bertz CT molecular complexity index is 335. The highest BCUT2D eigenvalue weighted by Gasteiger charge is 2.17. The molecule has 4 heteroatoms. The summed E-state index contributed by atoms with van der Waals surface area (Å²) in [5.41, 5.74) is 0. The van der Waals surface area contributed by atoms with E-state index in [0.29, 0.717) is 12.5 Å². The van der Waals surface area contributed by atoms with Crippen molar-refractivity contribution >= 4 is 17.2 Å². The highest BCUT2D eigenvalue weighted by atomic mass is 32.1. The molecule has 0 saturated carbocycles. The summed E-state index contributed by atoms with van der Waals surface area (Å²) in [7, 11) is 1.88. The molecule has 3 nitrogen and oxygen atoms in total. The zero-order valence-electron chi connectivity index (χ0n) is 11.1. The molecule has 0 spiro atoms. The van der Waals surface area contributed by atoms with Crippen LogP contribution in [-0.4, -0.2) is 30.4 Å². The zero-order chi connectivity index (χ0) is 12.8. The fourth-order valence-electron chi connectivity index (χ4n) is 1.58. The Kier molecular flexibility index (Phi) is 5.65. The Labute approximate surface area is 108 Å². The van der Waals surface area contributed by atoms with E-state index >= 15 is 0 Å². The number of hydrogen-bond donors (Lipinski definition) is 1. The molecule has 1 rings (SSSR count). The second kappa shape index (κ2) is 6.77. The van der Waals surface area contributed by atoms with Gasteiger partial charge in [-0.05, 0) is 18.4 Å². The molecule has 0 saturated heterocycles. The molecule has 0 radical (unpaired) electrons. The van der Waals surface area contributed by atoms with Crippen molar-refractivity contribution in [3.05, 3.63) is 22.4 Å². The van der Waals surface area contributed by atoms with Gasteiger partial charge >= 0.3 is 0 Å². The van der Waals surface area contributed by atoms with Crippen molar-refractivity contribution in [3.8, 4) is 0 Å². The lowest BCUT2D eigenvalue weighted by Crippen LogP contribution is -2.33. The van der Waals surface area contributed by atoms with Crippen LogP contribution in [-0.2, 0) is 4.79 Å². The Morgan fingerprint density at radius 2 is 2.18 bits per heavy atom. The fraction of sp³-hybridized carbons (Fsp3) is 0.615. The minimum Gasteiger partial charge on any atom is -0.338 e. The van der Waals surface area contributed by atoms with Gasteiger partial charge in [-0.15, -0.1) is 11.3 Å². The number of carbonyl (C=O) groups excluding carboxylic acids is 1. The van der Waals surface area contributed by atoms with E-state index in [0.717, 1.165) is 6.54 Å². The molecular formula is C13H22N2OS. The number of rotatable bonds is 6. The number of hydrogen-bond acceptors (Lipinski definition) is 3. The van der Waals surface area contributed by atoms with Crippen molar-refractivity contribution in [1.82, 2.24) is 10.2 Å². The van der Waals surface area contributed by atoms with Gasteiger partial charge in [-0.1, -0.05) is 19.9 Å². The third-order valence-electron chi connectivity index (χ3n) is 2.82. The molecule has 0 aromatic carbocycles. The summed E-state index contributed by atoms with van der Waals surface area (Å²) < 4.78 is 0. The molecule has 96 valence electrons.